The molecular formula is C9H11BrN2O3. The number of nitrogens with one attached hydrogen (secondary N) is 1. The third-order valence-corrected chi connectivity index (χ3v) is 3.13. The third-order valence-electron chi connectivity index (χ3n) is 2.41. The van der Waals surface area contributed by atoms with E-state index in [2.05, 4.69) is 25.9 Å². The van der Waals surface area contributed by atoms with Crippen molar-refractivity contribution >= 4 is 15.9 Å². The SMILES string of the molecule is O=c1[nH]c(C2CCCOC2)nc(O)c1Br. The van der Waals surface area contributed by atoms with Crippen LogP contribution < -0.4 is 5.56 Å². The van der Waals surface area contributed by atoms with Crippen molar-refractivity contribution in [1.29, 1.82) is 0 Å². The van der Waals surface area contributed by atoms with Crippen molar-refractivity contribution < 1.29 is 9.84 Å². The summed E-state index contributed by atoms with van der Waals surface area (Å²) < 4.78 is 5.36. The summed E-state index contributed by atoms with van der Waals surface area (Å²) in [5.74, 6) is 0.310. The zero-order valence-corrected chi connectivity index (χ0v) is 9.58. The van der Waals surface area contributed by atoms with Crippen LogP contribution in [0.3, 0.4) is 0 Å². The summed E-state index contributed by atoms with van der Waals surface area (Å²) in [5.41, 5.74) is -0.358. The minimum absolute atomic E-state index is 0.0722. The van der Waals surface area contributed by atoms with Crippen molar-refractivity contribution in [2.45, 2.75) is 18.8 Å². The minimum Gasteiger partial charge on any atom is -0.492 e. The molecule has 1 fully saturated rings. The van der Waals surface area contributed by atoms with Crippen molar-refractivity contribution in [3.63, 3.8) is 0 Å². The zero-order valence-electron chi connectivity index (χ0n) is 7.99. The Hall–Kier alpha value is -0.880. The standard InChI is InChI=1S/C9H11BrN2O3/c10-6-8(13)11-7(12-9(6)14)5-2-1-3-15-4-5/h5H,1-4H2,(H2,11,12,13,14). The Morgan fingerprint density at radius 2 is 2.40 bits per heavy atom. The van der Waals surface area contributed by atoms with Crippen LogP contribution in [0, 0.1) is 0 Å². The molecule has 5 nitrogen and oxygen atoms in total. The van der Waals surface area contributed by atoms with Crippen molar-refractivity contribution in [2.75, 3.05) is 13.2 Å². The van der Waals surface area contributed by atoms with Gasteiger partial charge < -0.3 is 14.8 Å². The molecular weight excluding hydrogens is 264 g/mol. The molecule has 1 aromatic rings. The van der Waals surface area contributed by atoms with E-state index in [4.69, 9.17) is 4.74 Å². The molecule has 2 heterocycles. The quantitative estimate of drug-likeness (QED) is 0.805. The molecule has 15 heavy (non-hydrogen) atoms. The van der Waals surface area contributed by atoms with Gasteiger partial charge >= 0.3 is 0 Å². The van der Waals surface area contributed by atoms with Crippen molar-refractivity contribution in [1.82, 2.24) is 9.97 Å². The largest absolute Gasteiger partial charge is 0.492 e. The number of halogens is 1. The van der Waals surface area contributed by atoms with Gasteiger partial charge in [0.2, 0.25) is 5.88 Å². The molecule has 1 unspecified atom stereocenters. The van der Waals surface area contributed by atoms with E-state index in [0.717, 1.165) is 19.4 Å². The Labute approximate surface area is 94.6 Å². The average Bonchev–Trinajstić information content (AvgIpc) is 2.26. The fraction of sp³-hybridized carbons (Fsp3) is 0.556. The van der Waals surface area contributed by atoms with Crippen molar-refractivity contribution in [2.24, 2.45) is 0 Å². The van der Waals surface area contributed by atoms with Crippen molar-refractivity contribution in [3.8, 4) is 5.88 Å². The van der Waals surface area contributed by atoms with Gasteiger partial charge in [-0.3, -0.25) is 4.79 Å². The van der Waals surface area contributed by atoms with Gasteiger partial charge in [0, 0.05) is 12.5 Å². The molecule has 0 amide bonds. The molecule has 0 spiro atoms. The van der Waals surface area contributed by atoms with Crippen LogP contribution in [-0.2, 0) is 4.74 Å². The molecule has 2 rings (SSSR count). The molecule has 1 aliphatic heterocycles. The Balaban J connectivity index is 2.32. The highest BCUT2D eigenvalue weighted by molar-refractivity contribution is 9.10. The van der Waals surface area contributed by atoms with Gasteiger partial charge in [-0.15, -0.1) is 0 Å². The maximum atomic E-state index is 11.4. The summed E-state index contributed by atoms with van der Waals surface area (Å²) in [6.07, 6.45) is 1.87. The van der Waals surface area contributed by atoms with E-state index in [9.17, 15) is 9.90 Å². The van der Waals surface area contributed by atoms with Crippen LogP contribution in [-0.4, -0.2) is 28.3 Å². The number of nitrogens with zero attached hydrogens (tertiary/aromatic N) is 1. The van der Waals surface area contributed by atoms with Crippen molar-refractivity contribution in [3.05, 3.63) is 20.7 Å². The fourth-order valence-corrected chi connectivity index (χ4v) is 1.80. The maximum absolute atomic E-state index is 11.4. The molecule has 2 N–H and O–H groups in total. The molecule has 82 valence electrons. The Morgan fingerprint density at radius 1 is 1.60 bits per heavy atom. The lowest BCUT2D eigenvalue weighted by atomic mass is 10.0. The van der Waals surface area contributed by atoms with Crippen LogP contribution in [0.4, 0.5) is 0 Å². The summed E-state index contributed by atoms with van der Waals surface area (Å²) in [5, 5.41) is 9.39. The van der Waals surface area contributed by atoms with E-state index in [1.165, 1.54) is 0 Å². The second-order valence-electron chi connectivity index (χ2n) is 3.50. The van der Waals surface area contributed by atoms with Gasteiger partial charge in [-0.1, -0.05) is 0 Å². The number of rotatable bonds is 1. The summed E-state index contributed by atoms with van der Waals surface area (Å²) in [6, 6.07) is 0. The zero-order chi connectivity index (χ0) is 10.8. The van der Waals surface area contributed by atoms with Crippen LogP contribution in [0.5, 0.6) is 5.88 Å². The summed E-state index contributed by atoms with van der Waals surface area (Å²) in [6.45, 7) is 1.30. The molecule has 0 bridgehead atoms. The monoisotopic (exact) mass is 274 g/mol. The molecule has 0 radical (unpaired) electrons. The first kappa shape index (κ1) is 10.6. The second kappa shape index (κ2) is 4.32. The minimum atomic E-state index is -0.358. The lowest BCUT2D eigenvalue weighted by Crippen LogP contribution is -2.21. The molecule has 0 aromatic carbocycles. The third kappa shape index (κ3) is 2.21. The van der Waals surface area contributed by atoms with Gasteiger partial charge in [0.05, 0.1) is 6.61 Å². The summed E-state index contributed by atoms with van der Waals surface area (Å²) in [4.78, 5) is 17.9. The molecule has 1 atom stereocenters. The number of hydrogen-bond acceptors (Lipinski definition) is 4. The van der Waals surface area contributed by atoms with Gasteiger partial charge in [-0.25, -0.2) is 0 Å². The van der Waals surface area contributed by atoms with Gasteiger partial charge in [-0.05, 0) is 28.8 Å². The topological polar surface area (TPSA) is 75.2 Å². The normalized spacial score (nSPS) is 21.5. The summed E-state index contributed by atoms with van der Waals surface area (Å²) in [7, 11) is 0. The molecule has 1 saturated heterocycles. The second-order valence-corrected chi connectivity index (χ2v) is 4.30. The van der Waals surface area contributed by atoms with E-state index in [0.29, 0.717) is 12.4 Å². The highest BCUT2D eigenvalue weighted by Crippen LogP contribution is 2.24. The first-order chi connectivity index (χ1) is 7.18. The highest BCUT2D eigenvalue weighted by Gasteiger charge is 2.20. The van der Waals surface area contributed by atoms with Gasteiger partial charge in [0.1, 0.15) is 10.3 Å². The lowest BCUT2D eigenvalue weighted by Gasteiger charge is -2.21. The first-order valence-electron chi connectivity index (χ1n) is 4.75. The van der Waals surface area contributed by atoms with E-state index in [1.807, 2.05) is 0 Å². The maximum Gasteiger partial charge on any atom is 0.269 e. The number of aromatic nitrogens is 2. The van der Waals surface area contributed by atoms with Crippen LogP contribution in [0.1, 0.15) is 24.6 Å². The van der Waals surface area contributed by atoms with Gasteiger partial charge in [-0.2, -0.15) is 4.98 Å². The van der Waals surface area contributed by atoms with Crippen LogP contribution in [0.25, 0.3) is 0 Å². The number of ether oxygens (including phenoxy) is 1. The fourth-order valence-electron chi connectivity index (χ4n) is 1.61. The average molecular weight is 275 g/mol. The number of H-pyrrole nitrogens is 1. The summed E-state index contributed by atoms with van der Waals surface area (Å²) >= 11 is 2.95. The highest BCUT2D eigenvalue weighted by atomic mass is 79.9. The number of aromatic amines is 1. The molecule has 1 aliphatic rings. The van der Waals surface area contributed by atoms with E-state index in [-0.39, 0.29) is 21.8 Å². The smallest absolute Gasteiger partial charge is 0.269 e. The Kier molecular flexibility index (Phi) is 3.06. The van der Waals surface area contributed by atoms with Crippen LogP contribution in [0.2, 0.25) is 0 Å². The lowest BCUT2D eigenvalue weighted by molar-refractivity contribution is 0.0778. The van der Waals surface area contributed by atoms with Crippen LogP contribution in [0.15, 0.2) is 9.27 Å². The van der Waals surface area contributed by atoms with E-state index < -0.39 is 0 Å². The first-order valence-corrected chi connectivity index (χ1v) is 5.54. The van der Waals surface area contributed by atoms with Crippen LogP contribution >= 0.6 is 15.9 Å². The van der Waals surface area contributed by atoms with E-state index >= 15 is 0 Å². The van der Waals surface area contributed by atoms with E-state index in [1.54, 1.807) is 0 Å². The molecule has 6 heteroatoms. The predicted octanol–water partition coefficient (Wildman–Crippen LogP) is 1.13. The number of hydrogen-bond donors (Lipinski definition) is 2. The molecule has 0 saturated carbocycles. The molecule has 0 aliphatic carbocycles. The van der Waals surface area contributed by atoms with Gasteiger partial charge in [0.15, 0.2) is 0 Å². The Morgan fingerprint density at radius 3 is 3.00 bits per heavy atom. The molecule has 1 aromatic heterocycles. The predicted molar refractivity (Wildman–Crippen MR) is 57.0 cm³/mol. The number of aromatic hydroxyl groups is 1. The Bertz CT molecular complexity index is 412. The van der Waals surface area contributed by atoms with Gasteiger partial charge in [0.25, 0.3) is 5.56 Å².